The zero-order valence-electron chi connectivity index (χ0n) is 15.2. The third-order valence-corrected chi connectivity index (χ3v) is 5.77. The Bertz CT molecular complexity index is 763. The summed E-state index contributed by atoms with van der Waals surface area (Å²) < 4.78 is 1.69. The van der Waals surface area contributed by atoms with Crippen molar-refractivity contribution in [2.24, 2.45) is 0 Å². The standard InChI is InChI=1S/C19H26N4O2S/c1-15-14-26-19(25)22(15)12-8-18(24)23(13-16-5-2-3-10-21-16)17-6-4-9-20-11-7-17/h2-3,5,10,14,17,20H,4,6-9,11-13H2,1H3. The zero-order chi connectivity index (χ0) is 18.4. The van der Waals surface area contributed by atoms with E-state index in [1.165, 1.54) is 11.3 Å². The van der Waals surface area contributed by atoms with Gasteiger partial charge in [-0.3, -0.25) is 14.6 Å². The van der Waals surface area contributed by atoms with E-state index in [9.17, 15) is 9.59 Å². The first-order valence-corrected chi connectivity index (χ1v) is 10.1. The number of carbonyl (C=O) groups excluding carboxylic acids is 1. The summed E-state index contributed by atoms with van der Waals surface area (Å²) in [5.74, 6) is 0.0973. The van der Waals surface area contributed by atoms with E-state index < -0.39 is 0 Å². The molecule has 1 amide bonds. The van der Waals surface area contributed by atoms with Crippen LogP contribution in [0.3, 0.4) is 0 Å². The van der Waals surface area contributed by atoms with Crippen LogP contribution < -0.4 is 10.2 Å². The molecule has 140 valence electrons. The summed E-state index contributed by atoms with van der Waals surface area (Å²) in [4.78, 5) is 31.3. The van der Waals surface area contributed by atoms with E-state index in [-0.39, 0.29) is 16.8 Å². The Labute approximate surface area is 157 Å². The second kappa shape index (κ2) is 9.09. The third kappa shape index (κ3) is 4.80. The first-order valence-electron chi connectivity index (χ1n) is 9.20. The maximum Gasteiger partial charge on any atom is 0.307 e. The first-order chi connectivity index (χ1) is 12.6. The quantitative estimate of drug-likeness (QED) is 0.842. The van der Waals surface area contributed by atoms with E-state index in [1.807, 2.05) is 35.4 Å². The molecule has 1 atom stereocenters. The monoisotopic (exact) mass is 374 g/mol. The fourth-order valence-electron chi connectivity index (χ4n) is 3.43. The van der Waals surface area contributed by atoms with Gasteiger partial charge in [-0.15, -0.1) is 0 Å². The minimum Gasteiger partial charge on any atom is -0.334 e. The van der Waals surface area contributed by atoms with Gasteiger partial charge in [0.15, 0.2) is 0 Å². The Hall–Kier alpha value is -1.99. The van der Waals surface area contributed by atoms with Gasteiger partial charge in [-0.05, 0) is 51.4 Å². The van der Waals surface area contributed by atoms with Crippen LogP contribution in [0, 0.1) is 6.92 Å². The minimum absolute atomic E-state index is 0.00485. The van der Waals surface area contributed by atoms with Gasteiger partial charge in [0.1, 0.15) is 0 Å². The molecule has 0 saturated carbocycles. The van der Waals surface area contributed by atoms with Crippen molar-refractivity contribution in [2.75, 3.05) is 13.1 Å². The van der Waals surface area contributed by atoms with Crippen LogP contribution in [0.2, 0.25) is 0 Å². The molecule has 0 aliphatic carbocycles. The molecule has 6 nitrogen and oxygen atoms in total. The second-order valence-electron chi connectivity index (χ2n) is 6.72. The molecule has 1 N–H and O–H groups in total. The number of hydrogen-bond donors (Lipinski definition) is 1. The lowest BCUT2D eigenvalue weighted by Crippen LogP contribution is -2.41. The fourth-order valence-corrected chi connectivity index (χ4v) is 4.19. The molecule has 26 heavy (non-hydrogen) atoms. The molecule has 1 unspecified atom stereocenters. The van der Waals surface area contributed by atoms with Gasteiger partial charge in [0.2, 0.25) is 5.91 Å². The van der Waals surface area contributed by atoms with E-state index in [2.05, 4.69) is 10.3 Å². The molecular formula is C19H26N4O2S. The van der Waals surface area contributed by atoms with Crippen molar-refractivity contribution in [3.63, 3.8) is 0 Å². The lowest BCUT2D eigenvalue weighted by molar-refractivity contribution is -0.134. The van der Waals surface area contributed by atoms with E-state index in [0.717, 1.165) is 43.7 Å². The number of aromatic nitrogens is 2. The van der Waals surface area contributed by atoms with Crippen LogP contribution >= 0.6 is 11.3 Å². The Kier molecular flexibility index (Phi) is 6.57. The molecule has 7 heteroatoms. The number of nitrogens with one attached hydrogen (secondary N) is 1. The Balaban J connectivity index is 1.72. The first kappa shape index (κ1) is 18.8. The van der Waals surface area contributed by atoms with Crippen molar-refractivity contribution in [3.8, 4) is 0 Å². The van der Waals surface area contributed by atoms with Gasteiger partial charge in [0.25, 0.3) is 0 Å². The Morgan fingerprint density at radius 2 is 2.27 bits per heavy atom. The predicted octanol–water partition coefficient (Wildman–Crippen LogP) is 2.17. The summed E-state index contributed by atoms with van der Waals surface area (Å²) in [5, 5.41) is 5.25. The SMILES string of the molecule is Cc1csc(=O)n1CCC(=O)N(Cc1ccccn1)C1CCCNCC1. The molecule has 1 saturated heterocycles. The topological polar surface area (TPSA) is 67.2 Å². The molecule has 2 aromatic rings. The smallest absolute Gasteiger partial charge is 0.307 e. The molecule has 3 heterocycles. The van der Waals surface area contributed by atoms with Crippen molar-refractivity contribution in [1.82, 2.24) is 19.8 Å². The van der Waals surface area contributed by atoms with E-state index >= 15 is 0 Å². The van der Waals surface area contributed by atoms with Crippen LogP contribution in [0.25, 0.3) is 0 Å². The van der Waals surface area contributed by atoms with Crippen LogP contribution in [-0.2, 0) is 17.9 Å². The number of amides is 1. The van der Waals surface area contributed by atoms with Crippen LogP contribution in [0.5, 0.6) is 0 Å². The molecule has 0 radical (unpaired) electrons. The predicted molar refractivity (Wildman–Crippen MR) is 103 cm³/mol. The molecule has 3 rings (SSSR count). The van der Waals surface area contributed by atoms with Gasteiger partial charge >= 0.3 is 4.87 Å². The highest BCUT2D eigenvalue weighted by Crippen LogP contribution is 2.18. The number of pyridine rings is 1. The maximum atomic E-state index is 13.0. The second-order valence-corrected chi connectivity index (χ2v) is 7.54. The minimum atomic E-state index is 0.00485. The maximum absolute atomic E-state index is 13.0. The number of carbonyl (C=O) groups is 1. The number of nitrogens with zero attached hydrogens (tertiary/aromatic N) is 3. The molecule has 2 aromatic heterocycles. The van der Waals surface area contributed by atoms with Gasteiger partial charge in [0, 0.05) is 36.3 Å². The highest BCUT2D eigenvalue weighted by molar-refractivity contribution is 7.07. The number of aryl methyl sites for hydroxylation is 1. The zero-order valence-corrected chi connectivity index (χ0v) is 16.0. The average molecular weight is 375 g/mol. The molecule has 1 aliphatic rings. The molecular weight excluding hydrogens is 348 g/mol. The van der Waals surface area contributed by atoms with Crippen molar-refractivity contribution in [2.45, 2.75) is 51.7 Å². The summed E-state index contributed by atoms with van der Waals surface area (Å²) >= 11 is 1.19. The molecule has 0 bridgehead atoms. The van der Waals surface area contributed by atoms with Crippen molar-refractivity contribution in [3.05, 3.63) is 50.8 Å². The van der Waals surface area contributed by atoms with Crippen LogP contribution in [0.15, 0.2) is 34.6 Å². The fraction of sp³-hybridized carbons (Fsp3) is 0.526. The van der Waals surface area contributed by atoms with Crippen molar-refractivity contribution >= 4 is 17.2 Å². The molecule has 1 fully saturated rings. The van der Waals surface area contributed by atoms with Crippen LogP contribution in [-0.4, -0.2) is 39.5 Å². The van der Waals surface area contributed by atoms with E-state index in [0.29, 0.717) is 19.5 Å². The normalized spacial score (nSPS) is 17.7. The number of rotatable bonds is 6. The van der Waals surface area contributed by atoms with Gasteiger partial charge < -0.3 is 14.8 Å². The summed E-state index contributed by atoms with van der Waals surface area (Å²) in [7, 11) is 0. The number of thiazole rings is 1. The van der Waals surface area contributed by atoms with Crippen molar-refractivity contribution in [1.29, 1.82) is 0 Å². The largest absolute Gasteiger partial charge is 0.334 e. The third-order valence-electron chi connectivity index (χ3n) is 4.89. The lowest BCUT2D eigenvalue weighted by Gasteiger charge is -2.31. The summed E-state index contributed by atoms with van der Waals surface area (Å²) in [6.07, 6.45) is 5.13. The summed E-state index contributed by atoms with van der Waals surface area (Å²) in [6.45, 7) is 4.81. The molecule has 1 aliphatic heterocycles. The molecule has 0 aromatic carbocycles. The van der Waals surface area contributed by atoms with Crippen LogP contribution in [0.1, 0.15) is 37.1 Å². The summed E-state index contributed by atoms with van der Waals surface area (Å²) in [5.41, 5.74) is 1.82. The Morgan fingerprint density at radius 3 is 3.00 bits per heavy atom. The molecule has 0 spiro atoms. The summed E-state index contributed by atoms with van der Waals surface area (Å²) in [6, 6.07) is 6.02. The average Bonchev–Trinajstić information content (AvgIpc) is 2.84. The Morgan fingerprint density at radius 1 is 1.38 bits per heavy atom. The van der Waals surface area contributed by atoms with E-state index in [1.54, 1.807) is 10.8 Å². The van der Waals surface area contributed by atoms with Gasteiger partial charge in [-0.25, -0.2) is 0 Å². The van der Waals surface area contributed by atoms with Crippen LogP contribution in [0.4, 0.5) is 0 Å². The van der Waals surface area contributed by atoms with E-state index in [4.69, 9.17) is 0 Å². The van der Waals surface area contributed by atoms with Crippen molar-refractivity contribution < 1.29 is 4.79 Å². The van der Waals surface area contributed by atoms with Gasteiger partial charge in [-0.2, -0.15) is 0 Å². The van der Waals surface area contributed by atoms with Gasteiger partial charge in [-0.1, -0.05) is 17.4 Å². The number of hydrogen-bond acceptors (Lipinski definition) is 5. The lowest BCUT2D eigenvalue weighted by atomic mass is 10.1. The van der Waals surface area contributed by atoms with Gasteiger partial charge in [0.05, 0.1) is 12.2 Å². The highest BCUT2D eigenvalue weighted by Gasteiger charge is 2.25. The highest BCUT2D eigenvalue weighted by atomic mass is 32.1.